The number of nitrogens with one attached hydrogen (secondary N) is 1. The Balaban J connectivity index is 2.23. The molecule has 1 heterocycles. The van der Waals surface area contributed by atoms with E-state index in [1.807, 2.05) is 6.92 Å². The van der Waals surface area contributed by atoms with Crippen molar-refractivity contribution in [1.82, 2.24) is 5.32 Å². The molecule has 1 aromatic carbocycles. The first-order valence-corrected chi connectivity index (χ1v) is 7.43. The molecule has 2 rings (SSSR count). The Morgan fingerprint density at radius 3 is 2.58 bits per heavy atom. The Labute approximate surface area is 122 Å². The Bertz CT molecular complexity index is 451. The smallest absolute Gasteiger partial charge is 0.0455 e. The fourth-order valence-corrected chi connectivity index (χ4v) is 2.74. The van der Waals surface area contributed by atoms with E-state index in [9.17, 15) is 0 Å². The fourth-order valence-electron chi connectivity index (χ4n) is 2.56. The van der Waals surface area contributed by atoms with E-state index >= 15 is 0 Å². The molecule has 19 heavy (non-hydrogen) atoms. The molecular formula is C16H25ClN2. The molecule has 3 heteroatoms. The van der Waals surface area contributed by atoms with Crippen LogP contribution < -0.4 is 10.2 Å². The summed E-state index contributed by atoms with van der Waals surface area (Å²) in [5.74, 6) is 0. The van der Waals surface area contributed by atoms with Crippen LogP contribution in [0.3, 0.4) is 0 Å². The number of benzene rings is 1. The van der Waals surface area contributed by atoms with Gasteiger partial charge in [0.2, 0.25) is 0 Å². The maximum atomic E-state index is 6.26. The Morgan fingerprint density at radius 1 is 1.32 bits per heavy atom. The second-order valence-corrected chi connectivity index (χ2v) is 7.17. The van der Waals surface area contributed by atoms with Crippen LogP contribution >= 0.6 is 11.6 Å². The summed E-state index contributed by atoms with van der Waals surface area (Å²) >= 11 is 6.26. The highest BCUT2D eigenvalue weighted by Crippen LogP contribution is 2.29. The van der Waals surface area contributed by atoms with Crippen molar-refractivity contribution in [1.29, 1.82) is 0 Å². The minimum Gasteiger partial charge on any atom is -0.366 e. The highest BCUT2D eigenvalue weighted by Gasteiger charge is 2.32. The number of nitrogens with zero attached hydrogens (tertiary/aromatic N) is 1. The molecule has 2 atom stereocenters. The topological polar surface area (TPSA) is 15.3 Å². The van der Waals surface area contributed by atoms with E-state index in [-0.39, 0.29) is 5.41 Å². The van der Waals surface area contributed by atoms with Gasteiger partial charge in [0.25, 0.3) is 0 Å². The second kappa shape index (κ2) is 5.34. The zero-order valence-corrected chi connectivity index (χ0v) is 13.4. The van der Waals surface area contributed by atoms with Crippen molar-refractivity contribution in [3.05, 3.63) is 28.8 Å². The SMILES string of the molecule is Cc1ccc(N2CC(C(C)(C)C)NCC2C)cc1Cl. The molecule has 0 spiro atoms. The van der Waals surface area contributed by atoms with Crippen LogP contribution in [-0.2, 0) is 0 Å². The molecule has 0 bridgehead atoms. The average molecular weight is 281 g/mol. The first-order valence-electron chi connectivity index (χ1n) is 7.05. The number of halogens is 1. The van der Waals surface area contributed by atoms with Gasteiger partial charge >= 0.3 is 0 Å². The predicted molar refractivity (Wildman–Crippen MR) is 84.2 cm³/mol. The summed E-state index contributed by atoms with van der Waals surface area (Å²) in [7, 11) is 0. The normalized spacial score (nSPS) is 24.6. The van der Waals surface area contributed by atoms with Crippen molar-refractivity contribution in [2.24, 2.45) is 5.41 Å². The quantitative estimate of drug-likeness (QED) is 0.840. The van der Waals surface area contributed by atoms with Crippen molar-refractivity contribution in [2.75, 3.05) is 18.0 Å². The van der Waals surface area contributed by atoms with Gasteiger partial charge in [-0.2, -0.15) is 0 Å². The predicted octanol–water partition coefficient (Wildman–Crippen LogP) is 3.86. The Morgan fingerprint density at radius 2 is 2.00 bits per heavy atom. The molecule has 2 nitrogen and oxygen atoms in total. The lowest BCUT2D eigenvalue weighted by Crippen LogP contribution is -2.59. The minimum absolute atomic E-state index is 0.271. The van der Waals surface area contributed by atoms with Crippen molar-refractivity contribution >= 4 is 17.3 Å². The van der Waals surface area contributed by atoms with E-state index in [0.29, 0.717) is 12.1 Å². The van der Waals surface area contributed by atoms with E-state index in [1.54, 1.807) is 0 Å². The van der Waals surface area contributed by atoms with Gasteiger partial charge in [-0.3, -0.25) is 0 Å². The number of hydrogen-bond donors (Lipinski definition) is 1. The van der Waals surface area contributed by atoms with E-state index in [2.05, 4.69) is 56.1 Å². The van der Waals surface area contributed by atoms with Gasteiger partial charge in [-0.15, -0.1) is 0 Å². The molecule has 1 aliphatic heterocycles. The van der Waals surface area contributed by atoms with Crippen molar-refractivity contribution in [2.45, 2.75) is 46.7 Å². The van der Waals surface area contributed by atoms with Crippen LogP contribution in [0.15, 0.2) is 18.2 Å². The molecule has 1 aliphatic rings. The maximum Gasteiger partial charge on any atom is 0.0455 e. The van der Waals surface area contributed by atoms with Crippen LogP contribution in [0.4, 0.5) is 5.69 Å². The number of anilines is 1. The van der Waals surface area contributed by atoms with Crippen LogP contribution in [0.2, 0.25) is 5.02 Å². The van der Waals surface area contributed by atoms with E-state index in [4.69, 9.17) is 11.6 Å². The van der Waals surface area contributed by atoms with Gasteiger partial charge in [0.15, 0.2) is 0 Å². The van der Waals surface area contributed by atoms with Crippen molar-refractivity contribution in [3.63, 3.8) is 0 Å². The maximum absolute atomic E-state index is 6.26. The minimum atomic E-state index is 0.271. The molecule has 1 saturated heterocycles. The Kier molecular flexibility index (Phi) is 4.12. The van der Waals surface area contributed by atoms with Crippen LogP contribution in [0.5, 0.6) is 0 Å². The number of piperazine rings is 1. The summed E-state index contributed by atoms with van der Waals surface area (Å²) in [5, 5.41) is 4.52. The molecule has 0 amide bonds. The molecule has 0 radical (unpaired) electrons. The Hall–Kier alpha value is -0.730. The molecule has 0 aromatic heterocycles. The first-order chi connectivity index (χ1) is 8.79. The summed E-state index contributed by atoms with van der Waals surface area (Å²) < 4.78 is 0. The van der Waals surface area contributed by atoms with Crippen LogP contribution in [0.1, 0.15) is 33.3 Å². The lowest BCUT2D eigenvalue weighted by Gasteiger charge is -2.45. The largest absolute Gasteiger partial charge is 0.366 e. The third-order valence-electron chi connectivity index (χ3n) is 4.10. The van der Waals surface area contributed by atoms with Gasteiger partial charge < -0.3 is 10.2 Å². The standard InChI is InChI=1S/C16H25ClN2/c1-11-6-7-13(8-14(11)17)19-10-15(16(3,4)5)18-9-12(19)2/h6-8,12,15,18H,9-10H2,1-5H3. The summed E-state index contributed by atoms with van der Waals surface area (Å²) in [6.07, 6.45) is 0. The van der Waals surface area contributed by atoms with Crippen molar-refractivity contribution in [3.8, 4) is 0 Å². The summed E-state index contributed by atoms with van der Waals surface area (Å²) in [5.41, 5.74) is 2.65. The highest BCUT2D eigenvalue weighted by molar-refractivity contribution is 6.31. The highest BCUT2D eigenvalue weighted by atomic mass is 35.5. The molecule has 106 valence electrons. The van der Waals surface area contributed by atoms with Gasteiger partial charge in [-0.1, -0.05) is 38.4 Å². The molecule has 0 aliphatic carbocycles. The van der Waals surface area contributed by atoms with Crippen molar-refractivity contribution < 1.29 is 0 Å². The summed E-state index contributed by atoms with van der Waals surface area (Å²) in [6, 6.07) is 7.39. The summed E-state index contributed by atoms with van der Waals surface area (Å²) in [4.78, 5) is 2.47. The second-order valence-electron chi connectivity index (χ2n) is 6.76. The van der Waals surface area contributed by atoms with Crippen LogP contribution in [0, 0.1) is 12.3 Å². The van der Waals surface area contributed by atoms with Gasteiger partial charge in [0.1, 0.15) is 0 Å². The lowest BCUT2D eigenvalue weighted by molar-refractivity contribution is 0.239. The zero-order valence-electron chi connectivity index (χ0n) is 12.6. The molecule has 1 N–H and O–H groups in total. The molecular weight excluding hydrogens is 256 g/mol. The molecule has 2 unspecified atom stereocenters. The molecule has 1 aromatic rings. The zero-order chi connectivity index (χ0) is 14.2. The van der Waals surface area contributed by atoms with Gasteiger partial charge in [0, 0.05) is 35.9 Å². The lowest BCUT2D eigenvalue weighted by atomic mass is 9.84. The fraction of sp³-hybridized carbons (Fsp3) is 0.625. The first kappa shape index (κ1) is 14.7. The molecule has 1 fully saturated rings. The average Bonchev–Trinajstić information content (AvgIpc) is 2.32. The number of aryl methyl sites for hydroxylation is 1. The van der Waals surface area contributed by atoms with Gasteiger partial charge in [0.05, 0.1) is 0 Å². The monoisotopic (exact) mass is 280 g/mol. The van der Waals surface area contributed by atoms with E-state index in [0.717, 1.165) is 23.7 Å². The number of rotatable bonds is 1. The third-order valence-corrected chi connectivity index (χ3v) is 4.51. The van der Waals surface area contributed by atoms with Crippen LogP contribution in [-0.4, -0.2) is 25.2 Å². The van der Waals surface area contributed by atoms with Gasteiger partial charge in [-0.05, 0) is 37.0 Å². The van der Waals surface area contributed by atoms with Gasteiger partial charge in [-0.25, -0.2) is 0 Å². The van der Waals surface area contributed by atoms with E-state index < -0.39 is 0 Å². The third kappa shape index (κ3) is 3.24. The summed E-state index contributed by atoms with van der Waals surface area (Å²) in [6.45, 7) is 13.2. The number of hydrogen-bond acceptors (Lipinski definition) is 2. The van der Waals surface area contributed by atoms with E-state index in [1.165, 1.54) is 5.69 Å². The van der Waals surface area contributed by atoms with Crippen LogP contribution in [0.25, 0.3) is 0 Å². The molecule has 0 saturated carbocycles.